The SMILES string of the molecule is O=C(CCc1cccc(Cl)c1)Nc1ccccc1Cc1nc(-c2cccs2)no1. The van der Waals surface area contributed by atoms with Crippen LogP contribution in [0.1, 0.15) is 23.4 Å². The summed E-state index contributed by atoms with van der Waals surface area (Å²) < 4.78 is 5.39. The summed E-state index contributed by atoms with van der Waals surface area (Å²) in [6.45, 7) is 0. The lowest BCUT2D eigenvalue weighted by atomic mass is 10.1. The molecule has 5 nitrogen and oxygen atoms in total. The lowest BCUT2D eigenvalue weighted by Crippen LogP contribution is -2.14. The molecule has 0 atom stereocenters. The standard InChI is InChI=1S/C22H18ClN3O2S/c23-17-7-3-5-15(13-17)10-11-20(27)24-18-8-2-1-6-16(18)14-21-25-22(26-28-21)19-9-4-12-29-19/h1-9,12-13H,10-11,14H2,(H,24,27). The monoisotopic (exact) mass is 423 g/mol. The minimum absolute atomic E-state index is 0.0535. The summed E-state index contributed by atoms with van der Waals surface area (Å²) in [5.41, 5.74) is 2.71. The van der Waals surface area contributed by atoms with Crippen molar-refractivity contribution in [3.63, 3.8) is 0 Å². The molecule has 0 aliphatic carbocycles. The van der Waals surface area contributed by atoms with Crippen molar-refractivity contribution in [1.82, 2.24) is 10.1 Å². The number of para-hydroxylation sites is 1. The maximum absolute atomic E-state index is 12.4. The zero-order valence-corrected chi connectivity index (χ0v) is 17.0. The second-order valence-electron chi connectivity index (χ2n) is 6.50. The van der Waals surface area contributed by atoms with Gasteiger partial charge < -0.3 is 9.84 Å². The molecule has 146 valence electrons. The van der Waals surface area contributed by atoms with Gasteiger partial charge in [-0.2, -0.15) is 4.98 Å². The zero-order chi connectivity index (χ0) is 20.1. The largest absolute Gasteiger partial charge is 0.339 e. The number of benzene rings is 2. The first-order chi connectivity index (χ1) is 14.2. The number of thiophene rings is 1. The van der Waals surface area contributed by atoms with Crippen molar-refractivity contribution in [3.05, 3.63) is 88.1 Å². The van der Waals surface area contributed by atoms with Gasteiger partial charge in [0.05, 0.1) is 11.3 Å². The molecule has 29 heavy (non-hydrogen) atoms. The van der Waals surface area contributed by atoms with Gasteiger partial charge in [0.2, 0.25) is 17.6 Å². The Morgan fingerprint density at radius 3 is 2.83 bits per heavy atom. The van der Waals surface area contributed by atoms with Crippen LogP contribution < -0.4 is 5.32 Å². The number of halogens is 1. The van der Waals surface area contributed by atoms with E-state index in [-0.39, 0.29) is 5.91 Å². The quantitative estimate of drug-likeness (QED) is 0.419. The molecule has 0 saturated carbocycles. The minimum Gasteiger partial charge on any atom is -0.339 e. The molecule has 0 spiro atoms. The zero-order valence-electron chi connectivity index (χ0n) is 15.5. The highest BCUT2D eigenvalue weighted by Gasteiger charge is 2.13. The van der Waals surface area contributed by atoms with Gasteiger partial charge in [-0.1, -0.05) is 53.2 Å². The van der Waals surface area contributed by atoms with Crippen molar-refractivity contribution in [3.8, 4) is 10.7 Å². The molecule has 0 saturated heterocycles. The summed E-state index contributed by atoms with van der Waals surface area (Å²) in [7, 11) is 0. The number of aryl methyl sites for hydroxylation is 1. The van der Waals surface area contributed by atoms with E-state index in [0.29, 0.717) is 36.0 Å². The van der Waals surface area contributed by atoms with Gasteiger partial charge in [0.25, 0.3) is 0 Å². The molecule has 7 heteroatoms. The maximum Gasteiger partial charge on any atom is 0.231 e. The Hall–Kier alpha value is -2.96. The first-order valence-corrected chi connectivity index (χ1v) is 10.4. The maximum atomic E-state index is 12.4. The number of carbonyl (C=O) groups excluding carboxylic acids is 1. The van der Waals surface area contributed by atoms with Crippen LogP contribution in [0.2, 0.25) is 5.02 Å². The van der Waals surface area contributed by atoms with Crippen molar-refractivity contribution in [1.29, 1.82) is 0 Å². The van der Waals surface area contributed by atoms with Gasteiger partial charge in [0, 0.05) is 17.1 Å². The van der Waals surface area contributed by atoms with E-state index in [9.17, 15) is 4.79 Å². The van der Waals surface area contributed by atoms with Crippen LogP contribution in [0, 0.1) is 0 Å². The fourth-order valence-corrected chi connectivity index (χ4v) is 3.82. The molecule has 1 amide bonds. The lowest BCUT2D eigenvalue weighted by Gasteiger charge is -2.10. The average molecular weight is 424 g/mol. The number of rotatable bonds is 7. The predicted octanol–water partition coefficient (Wildman–Crippen LogP) is 5.61. The number of nitrogens with one attached hydrogen (secondary N) is 1. The summed E-state index contributed by atoms with van der Waals surface area (Å²) in [6, 6.07) is 19.1. The van der Waals surface area contributed by atoms with Crippen molar-refractivity contribution >= 4 is 34.5 Å². The fourth-order valence-electron chi connectivity index (χ4n) is 2.95. The minimum atomic E-state index is -0.0535. The third kappa shape index (κ3) is 5.10. The first-order valence-electron chi connectivity index (χ1n) is 9.16. The van der Waals surface area contributed by atoms with Crippen LogP contribution in [0.5, 0.6) is 0 Å². The lowest BCUT2D eigenvalue weighted by molar-refractivity contribution is -0.116. The average Bonchev–Trinajstić information content (AvgIpc) is 3.40. The van der Waals surface area contributed by atoms with Crippen LogP contribution in [-0.2, 0) is 17.6 Å². The number of carbonyl (C=O) groups is 1. The molecular formula is C22H18ClN3O2S. The van der Waals surface area contributed by atoms with Gasteiger partial charge in [0.15, 0.2) is 0 Å². The van der Waals surface area contributed by atoms with Crippen molar-refractivity contribution in [2.45, 2.75) is 19.3 Å². The first kappa shape index (κ1) is 19.4. The summed E-state index contributed by atoms with van der Waals surface area (Å²) in [5.74, 6) is 1.04. The topological polar surface area (TPSA) is 68.0 Å². The Kier molecular flexibility index (Phi) is 6.03. The molecular weight excluding hydrogens is 406 g/mol. The smallest absolute Gasteiger partial charge is 0.231 e. The molecule has 2 aromatic carbocycles. The van der Waals surface area contributed by atoms with E-state index in [1.807, 2.05) is 66.0 Å². The van der Waals surface area contributed by atoms with Crippen LogP contribution in [0.3, 0.4) is 0 Å². The van der Waals surface area contributed by atoms with Crippen LogP contribution >= 0.6 is 22.9 Å². The molecule has 4 aromatic rings. The Balaban J connectivity index is 1.41. The van der Waals surface area contributed by atoms with E-state index in [1.54, 1.807) is 11.3 Å². The second kappa shape index (κ2) is 9.03. The van der Waals surface area contributed by atoms with Crippen LogP contribution in [0.25, 0.3) is 10.7 Å². The molecule has 1 N–H and O–H groups in total. The second-order valence-corrected chi connectivity index (χ2v) is 7.89. The van der Waals surface area contributed by atoms with E-state index in [2.05, 4.69) is 15.5 Å². The van der Waals surface area contributed by atoms with E-state index >= 15 is 0 Å². The van der Waals surface area contributed by atoms with Crippen molar-refractivity contribution in [2.75, 3.05) is 5.32 Å². The Bertz CT molecular complexity index is 1110. The van der Waals surface area contributed by atoms with Gasteiger partial charge >= 0.3 is 0 Å². The third-order valence-electron chi connectivity index (χ3n) is 4.37. The molecule has 0 aliphatic heterocycles. The van der Waals surface area contributed by atoms with Crippen LogP contribution in [0.4, 0.5) is 5.69 Å². The summed E-state index contributed by atoms with van der Waals surface area (Å²) >= 11 is 7.56. The van der Waals surface area contributed by atoms with Gasteiger partial charge in [-0.25, -0.2) is 0 Å². The molecule has 2 aromatic heterocycles. The van der Waals surface area contributed by atoms with E-state index in [4.69, 9.17) is 16.1 Å². The summed E-state index contributed by atoms with van der Waals surface area (Å²) in [5, 5.41) is 9.68. The van der Waals surface area contributed by atoms with Gasteiger partial charge in [-0.05, 0) is 47.2 Å². The number of aromatic nitrogens is 2. The van der Waals surface area contributed by atoms with Crippen molar-refractivity contribution in [2.24, 2.45) is 0 Å². The fraction of sp³-hybridized carbons (Fsp3) is 0.136. The highest BCUT2D eigenvalue weighted by atomic mass is 35.5. The van der Waals surface area contributed by atoms with Gasteiger partial charge in [0.1, 0.15) is 0 Å². The van der Waals surface area contributed by atoms with Crippen molar-refractivity contribution < 1.29 is 9.32 Å². The Labute approximate surface area is 177 Å². The molecule has 0 bridgehead atoms. The van der Waals surface area contributed by atoms with E-state index in [1.165, 1.54) is 0 Å². The molecule has 4 rings (SSSR count). The van der Waals surface area contributed by atoms with Gasteiger partial charge in [-0.15, -0.1) is 11.3 Å². The third-order valence-corrected chi connectivity index (χ3v) is 5.47. The number of nitrogens with zero attached hydrogens (tertiary/aromatic N) is 2. The normalized spacial score (nSPS) is 10.8. The van der Waals surface area contributed by atoms with Gasteiger partial charge in [-0.3, -0.25) is 4.79 Å². The number of hydrogen-bond acceptors (Lipinski definition) is 5. The number of anilines is 1. The highest BCUT2D eigenvalue weighted by molar-refractivity contribution is 7.13. The molecule has 0 aliphatic rings. The highest BCUT2D eigenvalue weighted by Crippen LogP contribution is 2.24. The summed E-state index contributed by atoms with van der Waals surface area (Å²) in [6.07, 6.45) is 1.45. The Morgan fingerprint density at radius 1 is 1.10 bits per heavy atom. The van der Waals surface area contributed by atoms with E-state index < -0.39 is 0 Å². The number of amides is 1. The molecule has 0 unspecified atom stereocenters. The van der Waals surface area contributed by atoms with E-state index in [0.717, 1.165) is 21.7 Å². The number of hydrogen-bond donors (Lipinski definition) is 1. The Morgan fingerprint density at radius 2 is 2.00 bits per heavy atom. The molecule has 0 fully saturated rings. The van der Waals surface area contributed by atoms with Crippen LogP contribution in [-0.4, -0.2) is 16.0 Å². The predicted molar refractivity (Wildman–Crippen MR) is 115 cm³/mol. The molecule has 0 radical (unpaired) electrons. The summed E-state index contributed by atoms with van der Waals surface area (Å²) in [4.78, 5) is 17.9. The van der Waals surface area contributed by atoms with Crippen LogP contribution in [0.15, 0.2) is 70.6 Å². The molecule has 2 heterocycles.